The Morgan fingerprint density at radius 2 is 0.606 bits per heavy atom. The van der Waals surface area contributed by atoms with Crippen LogP contribution in [0.5, 0.6) is 0 Å². The van der Waals surface area contributed by atoms with Gasteiger partial charge in [-0.3, -0.25) is 9.11 Å². The van der Waals surface area contributed by atoms with E-state index in [0.717, 1.165) is 0 Å². The third-order valence-corrected chi connectivity index (χ3v) is 5.92. The van der Waals surface area contributed by atoms with Gasteiger partial charge in [0.2, 0.25) is 0 Å². The van der Waals surface area contributed by atoms with Gasteiger partial charge < -0.3 is 0 Å². The molecule has 0 rings (SSSR count). The Labute approximate surface area is 254 Å². The second kappa shape index (κ2) is 38.5. The van der Waals surface area contributed by atoms with Crippen molar-refractivity contribution in [3.05, 3.63) is 0 Å². The van der Waals surface area contributed by atoms with Crippen LogP contribution in [0.1, 0.15) is 162 Å². The van der Waals surface area contributed by atoms with Gasteiger partial charge in [0.25, 0.3) is 0 Å². The van der Waals surface area contributed by atoms with Crippen molar-refractivity contribution in [3.8, 4) is 0 Å². The Balaban J connectivity index is -0.000000207. The van der Waals surface area contributed by atoms with Gasteiger partial charge in [-0.25, -0.2) is 0 Å². The van der Waals surface area contributed by atoms with E-state index in [1.807, 2.05) is 0 Å². The summed E-state index contributed by atoms with van der Waals surface area (Å²) < 4.78 is 31.6. The van der Waals surface area contributed by atoms with Crippen molar-refractivity contribution >= 4 is 71.0 Å². The molecule has 0 saturated heterocycles. The fraction of sp³-hybridized carbons (Fsp3) is 1.00. The van der Waals surface area contributed by atoms with E-state index in [4.69, 9.17) is 17.5 Å². The molecule has 1 unspecified atom stereocenters. The van der Waals surface area contributed by atoms with Crippen LogP contribution in [0, 0.1) is 0 Å². The molecule has 4 nitrogen and oxygen atoms in total. The van der Waals surface area contributed by atoms with Gasteiger partial charge in [0.05, 0.1) is 0 Å². The van der Waals surface area contributed by atoms with Crippen molar-refractivity contribution in [2.45, 2.75) is 162 Å². The maximum atomic E-state index is 8.74. The Morgan fingerprint density at radius 1 is 0.455 bits per heavy atom. The van der Waals surface area contributed by atoms with Gasteiger partial charge in [0.1, 0.15) is 0 Å². The number of hydrogen-bond donors (Lipinski definition) is 2. The molecular formula is C26H60KO4PS. The van der Waals surface area contributed by atoms with Crippen LogP contribution >= 0.6 is 9.24 Å². The SMILES string of the molecule is CCCCCCCCCCCCCC.CCCCCCCCCCCCP.O=S(=O)(O)O.[KH]. The van der Waals surface area contributed by atoms with Crippen LogP contribution in [-0.4, -0.2) is 75.1 Å². The molecule has 0 fully saturated rings. The molecule has 1 atom stereocenters. The summed E-state index contributed by atoms with van der Waals surface area (Å²) in [7, 11) is -1.86. The summed E-state index contributed by atoms with van der Waals surface area (Å²) in [5, 5.41) is 0. The van der Waals surface area contributed by atoms with Gasteiger partial charge in [-0.1, -0.05) is 156 Å². The first-order valence-electron chi connectivity index (χ1n) is 13.7. The van der Waals surface area contributed by atoms with Gasteiger partial charge in [-0.15, -0.1) is 9.24 Å². The fourth-order valence-corrected chi connectivity index (χ4v) is 3.83. The maximum absolute atomic E-state index is 8.74. The van der Waals surface area contributed by atoms with E-state index in [2.05, 4.69) is 30.0 Å². The molecule has 33 heavy (non-hydrogen) atoms. The summed E-state index contributed by atoms with van der Waals surface area (Å²) in [6.45, 7) is 6.85. The van der Waals surface area contributed by atoms with Crippen molar-refractivity contribution in [2.24, 2.45) is 0 Å². The molecule has 0 bridgehead atoms. The van der Waals surface area contributed by atoms with Gasteiger partial charge >= 0.3 is 61.8 Å². The summed E-state index contributed by atoms with van der Waals surface area (Å²) in [6, 6.07) is 0. The third kappa shape index (κ3) is 65.8. The van der Waals surface area contributed by atoms with E-state index in [1.165, 1.54) is 147 Å². The zero-order chi connectivity index (χ0) is 24.8. The Hall–Kier alpha value is 1.94. The van der Waals surface area contributed by atoms with E-state index < -0.39 is 10.4 Å². The van der Waals surface area contributed by atoms with Crippen LogP contribution in [-0.2, 0) is 10.4 Å². The van der Waals surface area contributed by atoms with Crippen molar-refractivity contribution in [3.63, 3.8) is 0 Å². The van der Waals surface area contributed by atoms with E-state index in [9.17, 15) is 0 Å². The molecule has 0 heterocycles. The van der Waals surface area contributed by atoms with E-state index in [0.29, 0.717) is 0 Å². The summed E-state index contributed by atoms with van der Waals surface area (Å²) in [5.74, 6) is 0. The zero-order valence-corrected chi connectivity index (χ0v) is 23.9. The second-order valence-corrected chi connectivity index (χ2v) is 10.4. The molecular weight excluding hydrogens is 478 g/mol. The molecule has 0 amide bonds. The predicted molar refractivity (Wildman–Crippen MR) is 154 cm³/mol. The van der Waals surface area contributed by atoms with Crippen molar-refractivity contribution in [1.82, 2.24) is 0 Å². The van der Waals surface area contributed by atoms with E-state index in [-0.39, 0.29) is 51.4 Å². The van der Waals surface area contributed by atoms with Crippen molar-refractivity contribution in [1.29, 1.82) is 0 Å². The van der Waals surface area contributed by atoms with Gasteiger partial charge in [-0.2, -0.15) is 8.42 Å². The summed E-state index contributed by atoms with van der Waals surface area (Å²) in [6.07, 6.45) is 33.2. The normalized spacial score (nSPS) is 10.5. The summed E-state index contributed by atoms with van der Waals surface area (Å²) in [5.41, 5.74) is 0. The average Bonchev–Trinajstić information content (AvgIpc) is 2.73. The average molecular weight is 539 g/mol. The zero-order valence-electron chi connectivity index (χ0n) is 22.0. The molecule has 0 saturated carbocycles. The topological polar surface area (TPSA) is 74.6 Å². The number of unbranched alkanes of at least 4 members (excludes halogenated alkanes) is 20. The monoisotopic (exact) mass is 538 g/mol. The molecule has 0 spiro atoms. The molecule has 0 aliphatic carbocycles. The number of rotatable bonds is 21. The predicted octanol–water partition coefficient (Wildman–Crippen LogP) is 9.19. The fourth-order valence-electron chi connectivity index (χ4n) is 3.55. The third-order valence-electron chi connectivity index (χ3n) is 5.51. The second-order valence-electron chi connectivity index (χ2n) is 8.95. The molecule has 0 aromatic rings. The minimum absolute atomic E-state index is 0. The Kier molecular flexibility index (Phi) is 49.0. The van der Waals surface area contributed by atoms with Crippen LogP contribution in [0.15, 0.2) is 0 Å². The quantitative estimate of drug-likeness (QED) is 0.0661. The summed E-state index contributed by atoms with van der Waals surface area (Å²) >= 11 is 0. The standard InChI is InChI=1S/C14H30.C12H27P.K.H2O4S.H/c1-3-5-7-9-11-13-14-12-10-8-6-4-2;1-2-3-4-5-6-7-8-9-10-11-12-13;;1-5(2,3)4;/h3-14H2,1-2H3;2-13H2,1H3;;(H2,1,2,3,4);. The van der Waals surface area contributed by atoms with Gasteiger partial charge in [0, 0.05) is 0 Å². The molecule has 0 aliphatic heterocycles. The molecule has 200 valence electrons. The Morgan fingerprint density at radius 3 is 0.758 bits per heavy atom. The van der Waals surface area contributed by atoms with E-state index >= 15 is 0 Å². The molecule has 7 heteroatoms. The van der Waals surface area contributed by atoms with Crippen LogP contribution in [0.2, 0.25) is 0 Å². The van der Waals surface area contributed by atoms with Crippen molar-refractivity contribution in [2.75, 3.05) is 6.16 Å². The van der Waals surface area contributed by atoms with Gasteiger partial charge in [-0.05, 0) is 12.6 Å². The first-order valence-corrected chi connectivity index (χ1v) is 15.9. The molecule has 0 aliphatic rings. The number of hydrogen-bond acceptors (Lipinski definition) is 2. The van der Waals surface area contributed by atoms with Crippen LogP contribution < -0.4 is 0 Å². The molecule has 2 N–H and O–H groups in total. The Bertz CT molecular complexity index is 379. The summed E-state index contributed by atoms with van der Waals surface area (Å²) in [4.78, 5) is 0. The first-order chi connectivity index (χ1) is 15.3. The molecule has 0 aromatic heterocycles. The minimum atomic E-state index is -4.67. The first kappa shape index (κ1) is 42.0. The van der Waals surface area contributed by atoms with Crippen LogP contribution in [0.4, 0.5) is 0 Å². The van der Waals surface area contributed by atoms with Crippen LogP contribution in [0.25, 0.3) is 0 Å². The van der Waals surface area contributed by atoms with Gasteiger partial charge in [0.15, 0.2) is 0 Å². The molecule has 0 radical (unpaired) electrons. The molecule has 0 aromatic carbocycles. The van der Waals surface area contributed by atoms with Crippen LogP contribution in [0.3, 0.4) is 0 Å². The van der Waals surface area contributed by atoms with Crippen molar-refractivity contribution < 1.29 is 17.5 Å². The van der Waals surface area contributed by atoms with E-state index in [1.54, 1.807) is 0 Å².